The first-order valence-electron chi connectivity index (χ1n) is 8.10. The van der Waals surface area contributed by atoms with Crippen LogP contribution < -0.4 is 4.90 Å². The number of carbonyl (C=O) groups is 2. The summed E-state index contributed by atoms with van der Waals surface area (Å²) in [4.78, 5) is 27.0. The highest BCUT2D eigenvalue weighted by Crippen LogP contribution is 2.42. The molecule has 1 amide bonds. The zero-order chi connectivity index (χ0) is 17.6. The number of nitrogens with zero attached hydrogens (tertiary/aromatic N) is 1. The maximum absolute atomic E-state index is 12.9. The summed E-state index contributed by atoms with van der Waals surface area (Å²) < 4.78 is 6.22. The molecule has 2 heterocycles. The second-order valence-electron chi connectivity index (χ2n) is 6.32. The average molecular weight is 398 g/mol. The van der Waals surface area contributed by atoms with Gasteiger partial charge < -0.3 is 4.74 Å². The van der Waals surface area contributed by atoms with Crippen molar-refractivity contribution in [3.8, 4) is 0 Å². The van der Waals surface area contributed by atoms with Crippen LogP contribution in [0.3, 0.4) is 0 Å². The van der Waals surface area contributed by atoms with Gasteiger partial charge in [-0.3, -0.25) is 9.69 Å². The first-order valence-corrected chi connectivity index (χ1v) is 8.89. The smallest absolute Gasteiger partial charge is 0.336 e. The van der Waals surface area contributed by atoms with E-state index in [0.29, 0.717) is 11.3 Å². The molecule has 4 nitrogen and oxygen atoms in total. The maximum atomic E-state index is 12.9. The van der Waals surface area contributed by atoms with Gasteiger partial charge in [0.15, 0.2) is 0 Å². The molecule has 0 radical (unpaired) electrons. The number of rotatable bonds is 2. The number of carbonyl (C=O) groups excluding carboxylic acids is 2. The maximum Gasteiger partial charge on any atom is 0.336 e. The van der Waals surface area contributed by atoms with Crippen molar-refractivity contribution in [2.45, 2.75) is 19.3 Å². The molecule has 0 saturated carbocycles. The normalized spacial score (nSPS) is 19.9. The Morgan fingerprint density at radius 2 is 1.92 bits per heavy atom. The Bertz CT molecular complexity index is 919. The van der Waals surface area contributed by atoms with E-state index in [9.17, 15) is 9.59 Å². The first-order chi connectivity index (χ1) is 12.0. The molecule has 0 aromatic heterocycles. The second kappa shape index (κ2) is 6.15. The number of cyclic esters (lactones) is 1. The third-order valence-corrected chi connectivity index (χ3v) is 5.12. The Labute approximate surface area is 154 Å². The van der Waals surface area contributed by atoms with Gasteiger partial charge in [-0.2, -0.15) is 0 Å². The van der Waals surface area contributed by atoms with Crippen molar-refractivity contribution >= 4 is 33.5 Å². The fourth-order valence-corrected chi connectivity index (χ4v) is 3.95. The summed E-state index contributed by atoms with van der Waals surface area (Å²) in [6.45, 7) is 2.12. The Morgan fingerprint density at radius 3 is 2.68 bits per heavy atom. The Morgan fingerprint density at radius 1 is 1.12 bits per heavy atom. The molecule has 5 heteroatoms. The molecule has 0 unspecified atom stereocenters. The fraction of sp³-hybridized carbons (Fsp3) is 0.200. The first kappa shape index (κ1) is 16.1. The Kier molecular flexibility index (Phi) is 3.96. The van der Waals surface area contributed by atoms with Gasteiger partial charge in [0.1, 0.15) is 6.61 Å². The summed E-state index contributed by atoms with van der Waals surface area (Å²) in [6, 6.07) is 15.5. The van der Waals surface area contributed by atoms with E-state index in [1.54, 1.807) is 4.90 Å². The van der Waals surface area contributed by atoms with Gasteiger partial charge in [-0.25, -0.2) is 4.79 Å². The lowest BCUT2D eigenvalue weighted by Crippen LogP contribution is -2.37. The second-order valence-corrected chi connectivity index (χ2v) is 7.23. The van der Waals surface area contributed by atoms with E-state index in [0.717, 1.165) is 21.3 Å². The molecule has 4 rings (SSSR count). The highest BCUT2D eigenvalue weighted by molar-refractivity contribution is 9.10. The zero-order valence-electron chi connectivity index (χ0n) is 13.7. The van der Waals surface area contributed by atoms with Crippen molar-refractivity contribution in [2.75, 3.05) is 11.5 Å². The van der Waals surface area contributed by atoms with Gasteiger partial charge in [0, 0.05) is 22.5 Å². The lowest BCUT2D eigenvalue weighted by atomic mass is 9.84. The molecule has 0 spiro atoms. The lowest BCUT2D eigenvalue weighted by Gasteiger charge is -2.32. The van der Waals surface area contributed by atoms with Crippen molar-refractivity contribution in [2.24, 2.45) is 0 Å². The van der Waals surface area contributed by atoms with Crippen molar-refractivity contribution < 1.29 is 14.3 Å². The van der Waals surface area contributed by atoms with E-state index in [1.165, 1.54) is 0 Å². The lowest BCUT2D eigenvalue weighted by molar-refractivity contribution is -0.136. The molecule has 2 aliphatic heterocycles. The number of anilines is 1. The number of hydrogen-bond donors (Lipinski definition) is 0. The number of hydrogen-bond acceptors (Lipinski definition) is 3. The Balaban J connectivity index is 1.84. The molecule has 1 atom stereocenters. The van der Waals surface area contributed by atoms with Crippen LogP contribution in [0, 0.1) is 6.92 Å². The van der Waals surface area contributed by atoms with Crippen molar-refractivity contribution in [3.63, 3.8) is 0 Å². The monoisotopic (exact) mass is 397 g/mol. The summed E-state index contributed by atoms with van der Waals surface area (Å²) in [7, 11) is 0. The van der Waals surface area contributed by atoms with E-state index in [4.69, 9.17) is 4.74 Å². The van der Waals surface area contributed by atoms with Crippen LogP contribution in [0.5, 0.6) is 0 Å². The van der Waals surface area contributed by atoms with Crippen LogP contribution in [0.4, 0.5) is 5.69 Å². The van der Waals surface area contributed by atoms with Crippen LogP contribution >= 0.6 is 15.9 Å². The fourth-order valence-electron chi connectivity index (χ4n) is 3.53. The molecule has 2 aromatic carbocycles. The molecule has 0 saturated heterocycles. The highest BCUT2D eigenvalue weighted by atomic mass is 79.9. The van der Waals surface area contributed by atoms with E-state index in [2.05, 4.69) is 15.9 Å². The predicted octanol–water partition coefficient (Wildman–Crippen LogP) is 4.09. The minimum absolute atomic E-state index is 0.0207. The molecule has 2 aliphatic rings. The van der Waals surface area contributed by atoms with Gasteiger partial charge >= 0.3 is 5.97 Å². The number of benzene rings is 2. The molecule has 126 valence electrons. The van der Waals surface area contributed by atoms with Gasteiger partial charge in [0.2, 0.25) is 5.91 Å². The van der Waals surface area contributed by atoms with Crippen LogP contribution in [0.1, 0.15) is 23.5 Å². The molecule has 0 N–H and O–H groups in total. The van der Waals surface area contributed by atoms with E-state index in [1.807, 2.05) is 55.5 Å². The van der Waals surface area contributed by atoms with Crippen molar-refractivity contribution in [1.82, 2.24) is 0 Å². The number of amides is 1. The van der Waals surface area contributed by atoms with Crippen LogP contribution in [0.15, 0.2) is 64.3 Å². The summed E-state index contributed by atoms with van der Waals surface area (Å²) in [5.74, 6) is -0.617. The summed E-state index contributed by atoms with van der Waals surface area (Å²) in [5.41, 5.74) is 4.05. The average Bonchev–Trinajstić information content (AvgIpc) is 2.96. The number of esters is 1. The zero-order valence-corrected chi connectivity index (χ0v) is 15.2. The molecule has 25 heavy (non-hydrogen) atoms. The molecular weight excluding hydrogens is 382 g/mol. The van der Waals surface area contributed by atoms with Crippen LogP contribution in [0.25, 0.3) is 0 Å². The molecular formula is C20H16BrNO3. The highest BCUT2D eigenvalue weighted by Gasteiger charge is 2.42. The van der Waals surface area contributed by atoms with Crippen LogP contribution in [0.2, 0.25) is 0 Å². The van der Waals surface area contributed by atoms with E-state index in [-0.39, 0.29) is 30.8 Å². The Hall–Kier alpha value is -2.40. The van der Waals surface area contributed by atoms with Crippen molar-refractivity contribution in [1.29, 1.82) is 0 Å². The van der Waals surface area contributed by atoms with Crippen molar-refractivity contribution in [3.05, 3.63) is 75.4 Å². The molecule has 0 bridgehead atoms. The topological polar surface area (TPSA) is 46.6 Å². The van der Waals surface area contributed by atoms with Crippen LogP contribution in [-0.2, 0) is 14.3 Å². The van der Waals surface area contributed by atoms with E-state index >= 15 is 0 Å². The third kappa shape index (κ3) is 2.78. The molecule has 2 aromatic rings. The molecule has 0 fully saturated rings. The quantitative estimate of drug-likeness (QED) is 0.716. The summed E-state index contributed by atoms with van der Waals surface area (Å²) in [6.07, 6.45) is 0.248. The standard InChI is InChI=1S/C20H16BrNO3/c1-12-4-2-7-15(8-12)22-17-11-25-20(24)19(17)16(10-18(22)23)13-5-3-6-14(21)9-13/h2-9,16H,10-11H2,1H3/t16-/m0/s1. The van der Waals surface area contributed by atoms with Gasteiger partial charge in [-0.15, -0.1) is 0 Å². The van der Waals surface area contributed by atoms with Gasteiger partial charge in [0.25, 0.3) is 0 Å². The van der Waals surface area contributed by atoms with Gasteiger partial charge in [-0.05, 0) is 42.3 Å². The van der Waals surface area contributed by atoms with Gasteiger partial charge in [-0.1, -0.05) is 40.2 Å². The SMILES string of the molecule is Cc1cccc(N2C(=O)C[C@@H](c3cccc(Br)c3)C3=C2COC3=O)c1. The summed E-state index contributed by atoms with van der Waals surface area (Å²) in [5, 5.41) is 0. The van der Waals surface area contributed by atoms with E-state index < -0.39 is 0 Å². The predicted molar refractivity (Wildman–Crippen MR) is 98.2 cm³/mol. The number of aryl methyl sites for hydroxylation is 1. The minimum Gasteiger partial charge on any atom is -0.456 e. The van der Waals surface area contributed by atoms with Gasteiger partial charge in [0.05, 0.1) is 11.3 Å². The minimum atomic E-state index is -0.329. The summed E-state index contributed by atoms with van der Waals surface area (Å²) >= 11 is 3.46. The number of ether oxygens (including phenoxy) is 1. The number of halogens is 1. The third-order valence-electron chi connectivity index (χ3n) is 4.63. The molecule has 0 aliphatic carbocycles. The van der Waals surface area contributed by atoms with Crippen LogP contribution in [-0.4, -0.2) is 18.5 Å². The largest absolute Gasteiger partial charge is 0.456 e.